The number of hydrogen-bond acceptors (Lipinski definition) is 7. The average molecular weight is 405 g/mol. The molecule has 28 heavy (non-hydrogen) atoms. The van der Waals surface area contributed by atoms with E-state index in [1.165, 1.54) is 6.07 Å². The summed E-state index contributed by atoms with van der Waals surface area (Å²) in [6, 6.07) is 3.11. The van der Waals surface area contributed by atoms with Crippen LogP contribution in [0.3, 0.4) is 0 Å². The molecule has 0 bridgehead atoms. The number of aryl methyl sites for hydroxylation is 1. The molecule has 8 nitrogen and oxygen atoms in total. The van der Waals surface area contributed by atoms with Crippen molar-refractivity contribution in [3.05, 3.63) is 44.8 Å². The Kier molecular flexibility index (Phi) is 5.56. The third-order valence-electron chi connectivity index (χ3n) is 5.17. The molecule has 1 fully saturated rings. The van der Waals surface area contributed by atoms with Crippen molar-refractivity contribution in [2.45, 2.75) is 56.9 Å². The molecule has 150 valence electrons. The number of rotatable bonds is 6. The minimum Gasteiger partial charge on any atom is -0.467 e. The van der Waals surface area contributed by atoms with E-state index in [9.17, 15) is 10.1 Å². The Bertz CT molecular complexity index is 892. The van der Waals surface area contributed by atoms with Gasteiger partial charge in [0.2, 0.25) is 0 Å². The van der Waals surface area contributed by atoms with E-state index in [1.54, 1.807) is 17.8 Å². The summed E-state index contributed by atoms with van der Waals surface area (Å²) in [7, 11) is 0. The van der Waals surface area contributed by atoms with Crippen molar-refractivity contribution >= 4 is 17.4 Å². The molecule has 0 radical (unpaired) electrons. The minimum absolute atomic E-state index is 0.0542. The zero-order valence-electron chi connectivity index (χ0n) is 16.0. The van der Waals surface area contributed by atoms with E-state index in [4.69, 9.17) is 19.2 Å². The number of nitro groups is 1. The predicted octanol–water partition coefficient (Wildman–Crippen LogP) is 3.75. The highest BCUT2D eigenvalue weighted by atomic mass is 32.2. The van der Waals surface area contributed by atoms with Crippen LogP contribution in [-0.2, 0) is 28.4 Å². The number of non-ortho nitro benzene ring substituents is 1. The monoisotopic (exact) mass is 405 g/mol. The Morgan fingerprint density at radius 3 is 3.00 bits per heavy atom. The van der Waals surface area contributed by atoms with Gasteiger partial charge >= 0.3 is 0 Å². The molecular formula is C19H23N3O5S. The molecule has 0 saturated carbocycles. The number of ether oxygens (including phenoxy) is 3. The lowest BCUT2D eigenvalue weighted by atomic mass is 10.1. The summed E-state index contributed by atoms with van der Waals surface area (Å²) < 4.78 is 18.9. The summed E-state index contributed by atoms with van der Waals surface area (Å²) in [5, 5.41) is 12.2. The van der Waals surface area contributed by atoms with Gasteiger partial charge in [-0.3, -0.25) is 10.1 Å². The number of nitro benzene ring substituents is 1. The van der Waals surface area contributed by atoms with E-state index in [-0.39, 0.29) is 23.5 Å². The van der Waals surface area contributed by atoms with E-state index >= 15 is 0 Å². The molecule has 0 unspecified atom stereocenters. The van der Waals surface area contributed by atoms with E-state index in [0.29, 0.717) is 23.7 Å². The highest BCUT2D eigenvalue weighted by molar-refractivity contribution is 7.98. The molecule has 1 atom stereocenters. The largest absolute Gasteiger partial charge is 0.467 e. The van der Waals surface area contributed by atoms with Gasteiger partial charge < -0.3 is 18.8 Å². The second kappa shape index (κ2) is 8.10. The lowest BCUT2D eigenvalue weighted by molar-refractivity contribution is -0.385. The second-order valence-electron chi connectivity index (χ2n) is 7.06. The molecule has 1 aromatic heterocycles. The number of aromatic nitrogens is 2. The summed E-state index contributed by atoms with van der Waals surface area (Å²) in [4.78, 5) is 15.6. The van der Waals surface area contributed by atoms with Gasteiger partial charge in [-0.2, -0.15) is 0 Å². The Labute approximate surface area is 167 Å². The third kappa shape index (κ3) is 3.87. The fourth-order valence-electron chi connectivity index (χ4n) is 3.58. The van der Waals surface area contributed by atoms with Crippen LogP contribution in [0.4, 0.5) is 5.69 Å². The van der Waals surface area contributed by atoms with Crippen LogP contribution < -0.4 is 4.74 Å². The van der Waals surface area contributed by atoms with Crippen molar-refractivity contribution in [3.63, 3.8) is 0 Å². The van der Waals surface area contributed by atoms with Gasteiger partial charge in [-0.25, -0.2) is 4.98 Å². The Hall–Kier alpha value is -2.10. The maximum atomic E-state index is 11.3. The van der Waals surface area contributed by atoms with Crippen molar-refractivity contribution in [1.82, 2.24) is 9.55 Å². The van der Waals surface area contributed by atoms with Crippen LogP contribution in [0, 0.1) is 24.0 Å². The first kappa shape index (κ1) is 19.2. The number of thioether (sulfide) groups is 1. The van der Waals surface area contributed by atoms with Crippen molar-refractivity contribution in [2.75, 3.05) is 13.4 Å². The first-order chi connectivity index (χ1) is 13.5. The summed E-state index contributed by atoms with van der Waals surface area (Å²) in [6.07, 6.45) is 2.38. The fraction of sp³-hybridized carbons (Fsp3) is 0.526. The maximum absolute atomic E-state index is 11.3. The van der Waals surface area contributed by atoms with Crippen LogP contribution in [0.2, 0.25) is 0 Å². The minimum atomic E-state index is -0.379. The van der Waals surface area contributed by atoms with Crippen LogP contribution in [-0.4, -0.2) is 34.0 Å². The molecule has 1 saturated heterocycles. The summed E-state index contributed by atoms with van der Waals surface area (Å²) in [5.41, 5.74) is 3.68. The normalized spacial score (nSPS) is 18.7. The predicted molar refractivity (Wildman–Crippen MR) is 104 cm³/mol. The Balaban J connectivity index is 1.58. The maximum Gasteiger partial charge on any atom is 0.270 e. The third-order valence-corrected chi connectivity index (χ3v) is 6.20. The Morgan fingerprint density at radius 1 is 1.39 bits per heavy atom. The Morgan fingerprint density at radius 2 is 2.25 bits per heavy atom. The van der Waals surface area contributed by atoms with Crippen molar-refractivity contribution in [1.29, 1.82) is 0 Å². The molecule has 0 spiro atoms. The standard InChI is InChI=1S/C19H23N3O5S/c1-12-13(2)21(8-17-4-3-5-26-17)19(20-12)28-10-15-7-16(22(23)24)6-14-9-25-11-27-18(14)15/h6-7,17H,3-5,8-11H2,1-2H3/t17-/m1/s1. The van der Waals surface area contributed by atoms with E-state index in [2.05, 4.69) is 11.5 Å². The zero-order valence-corrected chi connectivity index (χ0v) is 16.8. The van der Waals surface area contributed by atoms with E-state index < -0.39 is 0 Å². The van der Waals surface area contributed by atoms with Crippen molar-refractivity contribution < 1.29 is 19.1 Å². The first-order valence-corrected chi connectivity index (χ1v) is 10.3. The first-order valence-electron chi connectivity index (χ1n) is 9.32. The van der Waals surface area contributed by atoms with Gasteiger partial charge in [-0.15, -0.1) is 0 Å². The van der Waals surface area contributed by atoms with Crippen LogP contribution in [0.25, 0.3) is 0 Å². The molecule has 3 heterocycles. The van der Waals surface area contributed by atoms with Gasteiger partial charge in [0.15, 0.2) is 11.9 Å². The molecule has 4 rings (SSSR count). The number of nitrogens with zero attached hydrogens (tertiary/aromatic N) is 3. The molecule has 1 aromatic carbocycles. The average Bonchev–Trinajstić information content (AvgIpc) is 3.30. The van der Waals surface area contributed by atoms with E-state index in [1.807, 2.05) is 6.92 Å². The highest BCUT2D eigenvalue weighted by Gasteiger charge is 2.23. The van der Waals surface area contributed by atoms with Gasteiger partial charge in [0.05, 0.1) is 29.9 Å². The number of benzene rings is 1. The smallest absolute Gasteiger partial charge is 0.270 e. The lowest BCUT2D eigenvalue weighted by Gasteiger charge is -2.20. The molecule has 0 amide bonds. The van der Waals surface area contributed by atoms with Crippen LogP contribution in [0.5, 0.6) is 5.75 Å². The summed E-state index contributed by atoms with van der Waals surface area (Å²) in [6.45, 7) is 6.15. The van der Waals surface area contributed by atoms with Crippen LogP contribution >= 0.6 is 11.8 Å². The molecular weight excluding hydrogens is 382 g/mol. The van der Waals surface area contributed by atoms with Crippen molar-refractivity contribution in [2.24, 2.45) is 0 Å². The summed E-state index contributed by atoms with van der Waals surface area (Å²) >= 11 is 1.56. The van der Waals surface area contributed by atoms with Crippen molar-refractivity contribution in [3.8, 4) is 5.75 Å². The second-order valence-corrected chi connectivity index (χ2v) is 8.00. The zero-order chi connectivity index (χ0) is 19.7. The molecule has 2 aliphatic rings. The molecule has 0 aliphatic carbocycles. The number of imidazole rings is 1. The topological polar surface area (TPSA) is 88.7 Å². The number of hydrogen-bond donors (Lipinski definition) is 0. The van der Waals surface area contributed by atoms with Gasteiger partial charge in [0.1, 0.15) is 5.75 Å². The molecule has 0 N–H and O–H groups in total. The summed E-state index contributed by atoms with van der Waals surface area (Å²) in [5.74, 6) is 1.22. The van der Waals surface area contributed by atoms with Crippen LogP contribution in [0.15, 0.2) is 17.3 Å². The van der Waals surface area contributed by atoms with Gasteiger partial charge in [-0.05, 0) is 26.7 Å². The van der Waals surface area contributed by atoms with Crippen LogP contribution in [0.1, 0.15) is 35.4 Å². The lowest BCUT2D eigenvalue weighted by Crippen LogP contribution is -2.17. The highest BCUT2D eigenvalue weighted by Crippen LogP contribution is 2.36. The van der Waals surface area contributed by atoms with Gasteiger partial charge in [0, 0.05) is 41.3 Å². The number of fused-ring (bicyclic) bond motifs is 1. The quantitative estimate of drug-likeness (QED) is 0.411. The van der Waals surface area contributed by atoms with E-state index in [0.717, 1.165) is 48.1 Å². The molecule has 2 aliphatic heterocycles. The molecule has 2 aromatic rings. The molecule has 9 heteroatoms. The van der Waals surface area contributed by atoms with Gasteiger partial charge in [0.25, 0.3) is 5.69 Å². The van der Waals surface area contributed by atoms with Gasteiger partial charge in [-0.1, -0.05) is 11.8 Å². The SMILES string of the molecule is Cc1nc(SCc2cc([N+](=O)[O-])cc3c2OCOC3)n(C[C@H]2CCCO2)c1C. The fourth-order valence-corrected chi connectivity index (χ4v) is 4.64.